The molecule has 0 aliphatic carbocycles. The number of alkyl halides is 1. The number of hydrogen-bond acceptors (Lipinski definition) is 5. The molecule has 1 rings (SSSR count). The molecular weight excluding hydrogens is 342 g/mol. The molecule has 1 N–H and O–H groups in total. The number of methoxy groups -OCH3 is 2. The first-order valence-electron chi connectivity index (χ1n) is 6.19. The largest absolute Gasteiger partial charge is 0.465 e. The molecule has 114 valence electrons. The van der Waals surface area contributed by atoms with Crippen LogP contribution in [0.15, 0.2) is 18.2 Å². The van der Waals surface area contributed by atoms with Crippen molar-refractivity contribution >= 4 is 39.5 Å². The van der Waals surface area contributed by atoms with Gasteiger partial charge in [-0.25, -0.2) is 9.59 Å². The van der Waals surface area contributed by atoms with Gasteiger partial charge in [-0.3, -0.25) is 4.79 Å². The van der Waals surface area contributed by atoms with Crippen LogP contribution in [0.5, 0.6) is 0 Å². The van der Waals surface area contributed by atoms with E-state index in [1.54, 1.807) is 0 Å². The van der Waals surface area contributed by atoms with Crippen molar-refractivity contribution in [3.05, 3.63) is 29.3 Å². The monoisotopic (exact) mass is 357 g/mol. The van der Waals surface area contributed by atoms with Gasteiger partial charge < -0.3 is 14.8 Å². The minimum Gasteiger partial charge on any atom is -0.465 e. The summed E-state index contributed by atoms with van der Waals surface area (Å²) in [5.74, 6) is -1.49. The molecule has 21 heavy (non-hydrogen) atoms. The highest BCUT2D eigenvalue weighted by molar-refractivity contribution is 9.10. The second-order valence-electron chi connectivity index (χ2n) is 4.15. The van der Waals surface area contributed by atoms with Crippen LogP contribution in [-0.2, 0) is 14.3 Å². The van der Waals surface area contributed by atoms with E-state index in [-0.39, 0.29) is 21.9 Å². The lowest BCUT2D eigenvalue weighted by Gasteiger charge is -2.11. The van der Waals surface area contributed by atoms with Crippen LogP contribution in [-0.4, -0.2) is 36.9 Å². The van der Waals surface area contributed by atoms with Crippen LogP contribution < -0.4 is 5.32 Å². The molecule has 7 heteroatoms. The van der Waals surface area contributed by atoms with E-state index in [1.807, 2.05) is 6.92 Å². The van der Waals surface area contributed by atoms with Crippen LogP contribution in [0, 0.1) is 0 Å². The molecule has 0 aliphatic rings. The van der Waals surface area contributed by atoms with E-state index < -0.39 is 11.9 Å². The van der Waals surface area contributed by atoms with Gasteiger partial charge in [0.1, 0.15) is 0 Å². The molecule has 0 aromatic heterocycles. The van der Waals surface area contributed by atoms with Crippen LogP contribution in [0.1, 0.15) is 34.1 Å². The smallest absolute Gasteiger partial charge is 0.337 e. The van der Waals surface area contributed by atoms with Gasteiger partial charge in [0.2, 0.25) is 5.91 Å². The van der Waals surface area contributed by atoms with Crippen molar-refractivity contribution in [2.75, 3.05) is 19.5 Å². The van der Waals surface area contributed by atoms with Crippen LogP contribution in [0.25, 0.3) is 0 Å². The van der Waals surface area contributed by atoms with Crippen molar-refractivity contribution in [2.24, 2.45) is 0 Å². The molecule has 0 radical (unpaired) electrons. The lowest BCUT2D eigenvalue weighted by atomic mass is 10.1. The number of rotatable bonds is 5. The number of amides is 1. The van der Waals surface area contributed by atoms with E-state index in [9.17, 15) is 14.4 Å². The average Bonchev–Trinajstić information content (AvgIpc) is 2.51. The molecule has 1 unspecified atom stereocenters. The average molecular weight is 358 g/mol. The summed E-state index contributed by atoms with van der Waals surface area (Å²) < 4.78 is 9.24. The molecule has 1 aromatic rings. The van der Waals surface area contributed by atoms with E-state index in [1.165, 1.54) is 32.4 Å². The fourth-order valence-electron chi connectivity index (χ4n) is 1.58. The number of anilines is 1. The molecule has 0 heterocycles. The summed E-state index contributed by atoms with van der Waals surface area (Å²) in [7, 11) is 2.47. The molecule has 0 saturated heterocycles. The Kier molecular flexibility index (Phi) is 6.36. The molecule has 6 nitrogen and oxygen atoms in total. The van der Waals surface area contributed by atoms with Gasteiger partial charge in [0.15, 0.2) is 0 Å². The Hall–Kier alpha value is -1.89. The van der Waals surface area contributed by atoms with E-state index in [0.29, 0.717) is 12.1 Å². The topological polar surface area (TPSA) is 81.7 Å². The van der Waals surface area contributed by atoms with Gasteiger partial charge in [-0.1, -0.05) is 22.9 Å². The van der Waals surface area contributed by atoms with E-state index in [0.717, 1.165) is 0 Å². The lowest BCUT2D eigenvalue weighted by Crippen LogP contribution is -2.22. The number of carbonyl (C=O) groups excluding carboxylic acids is 3. The minimum absolute atomic E-state index is 0.151. The lowest BCUT2D eigenvalue weighted by molar-refractivity contribution is -0.115. The highest BCUT2D eigenvalue weighted by Crippen LogP contribution is 2.18. The molecule has 0 fully saturated rings. The summed E-state index contributed by atoms with van der Waals surface area (Å²) in [6.07, 6.45) is 0.604. The maximum Gasteiger partial charge on any atom is 0.337 e. The quantitative estimate of drug-likeness (QED) is 0.646. The van der Waals surface area contributed by atoms with Crippen molar-refractivity contribution in [1.29, 1.82) is 0 Å². The van der Waals surface area contributed by atoms with Gasteiger partial charge in [-0.15, -0.1) is 0 Å². The number of halogens is 1. The standard InChI is InChI=1S/C14H16BrNO5/c1-4-11(15)12(17)16-10-6-8(13(18)20-2)5-9(7-10)14(19)21-3/h5-7,11H,4H2,1-3H3,(H,16,17). The summed E-state index contributed by atoms with van der Waals surface area (Å²) in [5.41, 5.74) is 0.623. The molecule has 0 bridgehead atoms. The van der Waals surface area contributed by atoms with Crippen molar-refractivity contribution < 1.29 is 23.9 Å². The predicted octanol–water partition coefficient (Wildman–Crippen LogP) is 2.37. The Morgan fingerprint density at radius 3 is 1.95 bits per heavy atom. The van der Waals surface area contributed by atoms with Crippen molar-refractivity contribution in [2.45, 2.75) is 18.2 Å². The zero-order valence-corrected chi connectivity index (χ0v) is 13.5. The van der Waals surface area contributed by atoms with Gasteiger partial charge in [-0.05, 0) is 24.6 Å². The first-order valence-corrected chi connectivity index (χ1v) is 7.11. The third kappa shape index (κ3) is 4.56. The number of nitrogens with one attached hydrogen (secondary N) is 1. The third-order valence-electron chi connectivity index (χ3n) is 2.69. The first kappa shape index (κ1) is 17.2. The summed E-state index contributed by atoms with van der Waals surface area (Å²) in [6, 6.07) is 4.22. The number of benzene rings is 1. The number of hydrogen-bond donors (Lipinski definition) is 1. The van der Waals surface area contributed by atoms with Gasteiger partial charge >= 0.3 is 11.9 Å². The Balaban J connectivity index is 3.15. The zero-order valence-electron chi connectivity index (χ0n) is 11.9. The molecule has 0 saturated carbocycles. The summed E-state index contributed by atoms with van der Waals surface area (Å²) in [4.78, 5) is 34.7. The van der Waals surface area contributed by atoms with Crippen molar-refractivity contribution in [1.82, 2.24) is 0 Å². The highest BCUT2D eigenvalue weighted by Gasteiger charge is 2.17. The molecule has 1 aromatic carbocycles. The van der Waals surface area contributed by atoms with E-state index in [2.05, 4.69) is 30.7 Å². The summed E-state index contributed by atoms with van der Waals surface area (Å²) in [5, 5.41) is 2.63. The van der Waals surface area contributed by atoms with Crippen molar-refractivity contribution in [3.63, 3.8) is 0 Å². The highest BCUT2D eigenvalue weighted by atomic mass is 79.9. The minimum atomic E-state index is -0.609. The second-order valence-corrected chi connectivity index (χ2v) is 5.25. The molecule has 1 atom stereocenters. The molecular formula is C14H16BrNO5. The normalized spacial score (nSPS) is 11.4. The maximum absolute atomic E-state index is 11.9. The maximum atomic E-state index is 11.9. The summed E-state index contributed by atoms with van der Waals surface area (Å²) >= 11 is 3.23. The van der Waals surface area contributed by atoms with Gasteiger partial charge in [0, 0.05) is 5.69 Å². The van der Waals surface area contributed by atoms with Crippen LogP contribution in [0.4, 0.5) is 5.69 Å². The van der Waals surface area contributed by atoms with Gasteiger partial charge in [0.05, 0.1) is 30.2 Å². The Morgan fingerprint density at radius 1 is 1.10 bits per heavy atom. The molecule has 0 spiro atoms. The van der Waals surface area contributed by atoms with Gasteiger partial charge in [-0.2, -0.15) is 0 Å². The zero-order chi connectivity index (χ0) is 16.0. The SMILES string of the molecule is CCC(Br)C(=O)Nc1cc(C(=O)OC)cc(C(=O)OC)c1. The van der Waals surface area contributed by atoms with Gasteiger partial charge in [0.25, 0.3) is 0 Å². The number of esters is 2. The van der Waals surface area contributed by atoms with Crippen LogP contribution in [0.3, 0.4) is 0 Å². The number of ether oxygens (including phenoxy) is 2. The Labute approximate surface area is 130 Å². The van der Waals surface area contributed by atoms with Crippen LogP contribution in [0.2, 0.25) is 0 Å². The first-order chi connectivity index (χ1) is 9.92. The van der Waals surface area contributed by atoms with Crippen LogP contribution >= 0.6 is 15.9 Å². The number of carbonyl (C=O) groups is 3. The van der Waals surface area contributed by atoms with E-state index >= 15 is 0 Å². The summed E-state index contributed by atoms with van der Waals surface area (Å²) in [6.45, 7) is 1.85. The fourth-order valence-corrected chi connectivity index (χ4v) is 1.69. The van der Waals surface area contributed by atoms with Crippen molar-refractivity contribution in [3.8, 4) is 0 Å². The second kappa shape index (κ2) is 7.78. The Morgan fingerprint density at radius 2 is 1.57 bits per heavy atom. The van der Waals surface area contributed by atoms with E-state index in [4.69, 9.17) is 0 Å². The third-order valence-corrected chi connectivity index (χ3v) is 3.75. The fraction of sp³-hybridized carbons (Fsp3) is 0.357. The Bertz CT molecular complexity index is 524. The molecule has 0 aliphatic heterocycles. The molecule has 1 amide bonds. The predicted molar refractivity (Wildman–Crippen MR) is 80.8 cm³/mol.